The van der Waals surface area contributed by atoms with Crippen LogP contribution in [0, 0.1) is 11.8 Å². The van der Waals surface area contributed by atoms with Crippen molar-refractivity contribution >= 4 is 29.5 Å². The fourth-order valence-electron chi connectivity index (χ4n) is 2.75. The maximum absolute atomic E-state index is 12.7. The van der Waals surface area contributed by atoms with Gasteiger partial charge in [0, 0.05) is 31.7 Å². The second-order valence-corrected chi connectivity index (χ2v) is 8.73. The topological polar surface area (TPSA) is 139 Å². The fraction of sp³-hybridized carbons (Fsp3) is 0.762. The van der Waals surface area contributed by atoms with Gasteiger partial charge >= 0.3 is 12.1 Å². The number of aliphatic carboxylic acids is 1. The molecule has 0 spiro atoms. The molecule has 0 radical (unpaired) electrons. The van der Waals surface area contributed by atoms with Crippen LogP contribution in [0.2, 0.25) is 0 Å². The number of carbonyl (C=O) groups excluding carboxylic acids is 4. The first-order valence-corrected chi connectivity index (χ1v) is 10.2. The predicted octanol–water partition coefficient (Wildman–Crippen LogP) is 2.46. The van der Waals surface area contributed by atoms with Crippen molar-refractivity contribution < 1.29 is 33.8 Å². The van der Waals surface area contributed by atoms with Gasteiger partial charge in [0.05, 0.1) is 6.04 Å². The van der Waals surface area contributed by atoms with Crippen LogP contribution in [0.5, 0.6) is 0 Å². The minimum Gasteiger partial charge on any atom is -0.481 e. The number of ketones is 2. The molecular weight excluding hydrogens is 392 g/mol. The van der Waals surface area contributed by atoms with Gasteiger partial charge in [0.1, 0.15) is 11.4 Å². The van der Waals surface area contributed by atoms with Crippen LogP contribution in [0.1, 0.15) is 73.6 Å². The lowest BCUT2D eigenvalue weighted by Crippen LogP contribution is -2.45. The van der Waals surface area contributed by atoms with Crippen molar-refractivity contribution in [1.29, 1.82) is 0 Å². The molecule has 0 aromatic heterocycles. The van der Waals surface area contributed by atoms with Gasteiger partial charge in [-0.15, -0.1) is 0 Å². The van der Waals surface area contributed by atoms with Crippen LogP contribution < -0.4 is 10.6 Å². The Morgan fingerprint density at radius 3 is 2.10 bits per heavy atom. The lowest BCUT2D eigenvalue weighted by Gasteiger charge is -2.24. The van der Waals surface area contributed by atoms with Gasteiger partial charge in [0.15, 0.2) is 5.78 Å². The normalized spacial score (nSPS) is 13.3. The molecule has 9 heteroatoms. The van der Waals surface area contributed by atoms with Crippen LogP contribution in [0.4, 0.5) is 4.79 Å². The Labute approximate surface area is 178 Å². The van der Waals surface area contributed by atoms with E-state index in [1.807, 2.05) is 0 Å². The first-order chi connectivity index (χ1) is 13.7. The van der Waals surface area contributed by atoms with E-state index >= 15 is 0 Å². The van der Waals surface area contributed by atoms with Crippen molar-refractivity contribution in [3.8, 4) is 0 Å². The van der Waals surface area contributed by atoms with Gasteiger partial charge in [-0.3, -0.25) is 19.2 Å². The summed E-state index contributed by atoms with van der Waals surface area (Å²) in [5.74, 6) is -2.59. The average molecular weight is 429 g/mol. The summed E-state index contributed by atoms with van der Waals surface area (Å²) < 4.78 is 5.14. The Balaban J connectivity index is 4.75. The summed E-state index contributed by atoms with van der Waals surface area (Å²) in [6.07, 6.45) is -0.290. The second kappa shape index (κ2) is 13.0. The molecule has 0 unspecified atom stereocenters. The third-order valence-electron chi connectivity index (χ3n) is 4.31. The summed E-state index contributed by atoms with van der Waals surface area (Å²) in [6.45, 7) is 10.4. The van der Waals surface area contributed by atoms with Crippen LogP contribution in [0.3, 0.4) is 0 Å². The minimum absolute atomic E-state index is 0.0126. The molecule has 0 saturated carbocycles. The van der Waals surface area contributed by atoms with Gasteiger partial charge in [-0.25, -0.2) is 4.79 Å². The first kappa shape index (κ1) is 27.5. The molecule has 0 heterocycles. The minimum atomic E-state index is -0.983. The third-order valence-corrected chi connectivity index (χ3v) is 4.31. The van der Waals surface area contributed by atoms with E-state index in [9.17, 15) is 24.0 Å². The van der Waals surface area contributed by atoms with Gasteiger partial charge in [0.25, 0.3) is 0 Å². The molecule has 0 aliphatic carbocycles. The molecule has 0 fully saturated rings. The van der Waals surface area contributed by atoms with Crippen LogP contribution >= 0.6 is 0 Å². The van der Waals surface area contributed by atoms with E-state index in [4.69, 9.17) is 9.84 Å². The van der Waals surface area contributed by atoms with Gasteiger partial charge in [-0.05, 0) is 46.5 Å². The lowest BCUT2D eigenvalue weighted by atomic mass is 9.89. The van der Waals surface area contributed by atoms with Crippen molar-refractivity contribution in [2.75, 3.05) is 6.54 Å². The van der Waals surface area contributed by atoms with E-state index in [0.717, 1.165) is 0 Å². The highest BCUT2D eigenvalue weighted by Crippen LogP contribution is 2.15. The molecular formula is C21H36N2O7. The summed E-state index contributed by atoms with van der Waals surface area (Å²) >= 11 is 0. The van der Waals surface area contributed by atoms with Gasteiger partial charge in [-0.2, -0.15) is 0 Å². The van der Waals surface area contributed by atoms with Crippen molar-refractivity contribution in [2.45, 2.75) is 85.3 Å². The zero-order chi connectivity index (χ0) is 23.5. The number of Topliss-reactive ketones (excluding diaryl/α,β-unsaturated/α-hetero) is 2. The van der Waals surface area contributed by atoms with Gasteiger partial charge in [-0.1, -0.05) is 13.8 Å². The molecule has 3 N–H and O–H groups in total. The standard InChI is InChI=1S/C21H36N2O7/c1-13(2)19(23-17(26)8-7-9-18(27)28)16(25)12-15(14(3)24)10-11-22-20(29)30-21(4,5)6/h13,15,19H,7-12H2,1-6H3,(H,22,29)(H,23,26)(H,27,28)/t15-,19+/m1/s1. The Morgan fingerprint density at radius 2 is 1.63 bits per heavy atom. The van der Waals surface area contributed by atoms with E-state index in [1.165, 1.54) is 6.92 Å². The largest absolute Gasteiger partial charge is 0.481 e. The number of nitrogens with one attached hydrogen (secondary N) is 2. The van der Waals surface area contributed by atoms with Crippen molar-refractivity contribution in [3.63, 3.8) is 0 Å². The molecule has 2 atom stereocenters. The Hall–Kier alpha value is -2.45. The molecule has 0 bridgehead atoms. The van der Waals surface area contributed by atoms with E-state index < -0.39 is 35.5 Å². The number of carbonyl (C=O) groups is 5. The summed E-state index contributed by atoms with van der Waals surface area (Å²) in [6, 6.07) is -0.761. The predicted molar refractivity (Wildman–Crippen MR) is 111 cm³/mol. The van der Waals surface area contributed by atoms with Gasteiger partial charge in [0.2, 0.25) is 5.91 Å². The van der Waals surface area contributed by atoms with Gasteiger partial charge < -0.3 is 20.5 Å². The Bertz CT molecular complexity index is 623. The number of hydrogen-bond donors (Lipinski definition) is 3. The average Bonchev–Trinajstić information content (AvgIpc) is 2.56. The first-order valence-electron chi connectivity index (χ1n) is 10.2. The number of amides is 2. The summed E-state index contributed by atoms with van der Waals surface area (Å²) in [5, 5.41) is 13.9. The number of rotatable bonds is 13. The van der Waals surface area contributed by atoms with E-state index in [1.54, 1.807) is 34.6 Å². The highest BCUT2D eigenvalue weighted by atomic mass is 16.6. The number of alkyl carbamates (subject to hydrolysis) is 1. The zero-order valence-electron chi connectivity index (χ0n) is 18.9. The molecule has 0 rings (SSSR count). The van der Waals surface area contributed by atoms with E-state index in [2.05, 4.69) is 10.6 Å². The maximum atomic E-state index is 12.7. The highest BCUT2D eigenvalue weighted by Gasteiger charge is 2.28. The Kier molecular flexibility index (Phi) is 11.9. The molecule has 0 aromatic rings. The molecule has 0 aliphatic heterocycles. The van der Waals surface area contributed by atoms with Crippen LogP contribution in [-0.4, -0.2) is 52.8 Å². The lowest BCUT2D eigenvalue weighted by molar-refractivity contribution is -0.137. The number of ether oxygens (including phenoxy) is 1. The number of carboxylic acid groups (broad SMARTS) is 1. The number of hydrogen-bond acceptors (Lipinski definition) is 6. The smallest absolute Gasteiger partial charge is 0.407 e. The molecule has 9 nitrogen and oxygen atoms in total. The molecule has 0 aliphatic rings. The Morgan fingerprint density at radius 1 is 1.03 bits per heavy atom. The van der Waals surface area contributed by atoms with Crippen molar-refractivity contribution in [3.05, 3.63) is 0 Å². The second-order valence-electron chi connectivity index (χ2n) is 8.73. The molecule has 0 aromatic carbocycles. The number of carboxylic acids is 1. The quantitative estimate of drug-likeness (QED) is 0.409. The van der Waals surface area contributed by atoms with Crippen LogP contribution in [0.25, 0.3) is 0 Å². The zero-order valence-corrected chi connectivity index (χ0v) is 18.9. The third kappa shape index (κ3) is 12.9. The van der Waals surface area contributed by atoms with Crippen molar-refractivity contribution in [1.82, 2.24) is 10.6 Å². The molecule has 172 valence electrons. The highest BCUT2D eigenvalue weighted by molar-refractivity contribution is 5.92. The maximum Gasteiger partial charge on any atom is 0.407 e. The SMILES string of the molecule is CC(=O)[C@H](CCNC(=O)OC(C)(C)C)CC(=O)[C@@H](NC(=O)CCCC(=O)O)C(C)C. The van der Waals surface area contributed by atoms with Crippen LogP contribution in [0.15, 0.2) is 0 Å². The summed E-state index contributed by atoms with van der Waals surface area (Å²) in [5.41, 5.74) is -0.632. The van der Waals surface area contributed by atoms with E-state index in [0.29, 0.717) is 0 Å². The van der Waals surface area contributed by atoms with Crippen molar-refractivity contribution in [2.24, 2.45) is 11.8 Å². The summed E-state index contributed by atoms with van der Waals surface area (Å²) in [7, 11) is 0. The molecule has 0 saturated heterocycles. The monoisotopic (exact) mass is 428 g/mol. The fourth-order valence-corrected chi connectivity index (χ4v) is 2.75. The summed E-state index contributed by atoms with van der Waals surface area (Å²) in [4.78, 5) is 59.0. The molecule has 2 amide bonds. The van der Waals surface area contributed by atoms with Crippen LogP contribution in [-0.2, 0) is 23.9 Å². The molecule has 30 heavy (non-hydrogen) atoms. The van der Waals surface area contributed by atoms with E-state index in [-0.39, 0.29) is 56.1 Å².